The minimum atomic E-state index is -0.758. The number of methoxy groups -OCH3 is 1. The highest BCUT2D eigenvalue weighted by Crippen LogP contribution is 2.54. The van der Waals surface area contributed by atoms with Gasteiger partial charge in [-0.15, -0.1) is 0 Å². The second kappa shape index (κ2) is 6.95. The number of halogens is 1. The molecule has 0 N–H and O–H groups in total. The molecule has 4 atom stereocenters. The van der Waals surface area contributed by atoms with Crippen LogP contribution in [0.5, 0.6) is 5.75 Å². The number of anilines is 1. The van der Waals surface area contributed by atoms with Gasteiger partial charge in [0.15, 0.2) is 5.78 Å². The largest absolute Gasteiger partial charge is 0.495 e. The molecule has 7 heteroatoms. The first-order valence-corrected chi connectivity index (χ1v) is 10.5. The number of ketones is 1. The molecule has 5 rings (SSSR count). The Morgan fingerprint density at radius 3 is 2.52 bits per heavy atom. The van der Waals surface area contributed by atoms with Crippen molar-refractivity contribution in [3.63, 3.8) is 0 Å². The van der Waals surface area contributed by atoms with Crippen LogP contribution in [0, 0.1) is 18.8 Å². The molecule has 2 saturated heterocycles. The lowest BCUT2D eigenvalue weighted by atomic mass is 9.84. The van der Waals surface area contributed by atoms with Crippen LogP contribution in [0.1, 0.15) is 29.7 Å². The van der Waals surface area contributed by atoms with Gasteiger partial charge >= 0.3 is 0 Å². The lowest BCUT2D eigenvalue weighted by Gasteiger charge is -2.35. The van der Waals surface area contributed by atoms with Gasteiger partial charge in [-0.2, -0.15) is 0 Å². The number of amides is 2. The van der Waals surface area contributed by atoms with E-state index >= 15 is 0 Å². The van der Waals surface area contributed by atoms with Gasteiger partial charge < -0.3 is 9.64 Å². The molecule has 0 spiro atoms. The highest BCUT2D eigenvalue weighted by molar-refractivity contribution is 6.32. The van der Waals surface area contributed by atoms with E-state index < -0.39 is 17.9 Å². The molecule has 0 aliphatic carbocycles. The van der Waals surface area contributed by atoms with E-state index in [1.54, 1.807) is 19.1 Å². The average molecular weight is 437 g/mol. The first kappa shape index (κ1) is 19.8. The van der Waals surface area contributed by atoms with Crippen molar-refractivity contribution in [3.8, 4) is 5.75 Å². The summed E-state index contributed by atoms with van der Waals surface area (Å²) in [4.78, 5) is 43.1. The van der Waals surface area contributed by atoms with Crippen molar-refractivity contribution in [2.24, 2.45) is 11.8 Å². The van der Waals surface area contributed by atoms with Crippen LogP contribution < -0.4 is 9.64 Å². The number of imide groups is 1. The second-order valence-corrected chi connectivity index (χ2v) is 8.64. The fraction of sp³-hybridized carbons (Fsp3) is 0.292. The molecule has 3 aliphatic rings. The van der Waals surface area contributed by atoms with E-state index in [0.29, 0.717) is 16.5 Å². The van der Waals surface area contributed by atoms with Crippen LogP contribution in [0.15, 0.2) is 42.6 Å². The van der Waals surface area contributed by atoms with Gasteiger partial charge in [0.05, 0.1) is 36.7 Å². The third-order valence-electron chi connectivity index (χ3n) is 6.58. The topological polar surface area (TPSA) is 66.9 Å². The predicted molar refractivity (Wildman–Crippen MR) is 117 cm³/mol. The molecule has 3 heterocycles. The quantitative estimate of drug-likeness (QED) is 0.685. The maximum absolute atomic E-state index is 13.7. The van der Waals surface area contributed by atoms with E-state index in [1.165, 1.54) is 18.9 Å². The molecule has 2 aromatic rings. The number of hydrogen-bond acceptors (Lipinski definition) is 5. The second-order valence-electron chi connectivity index (χ2n) is 8.23. The summed E-state index contributed by atoms with van der Waals surface area (Å²) in [6.07, 6.45) is 3.77. The lowest BCUT2D eigenvalue weighted by Crippen LogP contribution is -2.43. The molecular formula is C24H21ClN2O4. The fourth-order valence-electron chi connectivity index (χ4n) is 5.25. The summed E-state index contributed by atoms with van der Waals surface area (Å²) >= 11 is 6.22. The number of aryl methyl sites for hydroxylation is 1. The van der Waals surface area contributed by atoms with Gasteiger partial charge in [-0.1, -0.05) is 35.9 Å². The Balaban J connectivity index is 1.67. The number of benzene rings is 2. The van der Waals surface area contributed by atoms with E-state index in [-0.39, 0.29) is 23.6 Å². The minimum absolute atomic E-state index is 0.135. The lowest BCUT2D eigenvalue weighted by molar-refractivity contribution is -0.129. The minimum Gasteiger partial charge on any atom is -0.495 e. The molecular weight excluding hydrogens is 416 g/mol. The first-order valence-electron chi connectivity index (χ1n) is 10.1. The number of nitrogens with zero attached hydrogens (tertiary/aromatic N) is 2. The zero-order valence-corrected chi connectivity index (χ0v) is 18.1. The molecule has 2 fully saturated rings. The number of ether oxygens (including phenoxy) is 1. The van der Waals surface area contributed by atoms with Crippen LogP contribution in [0.4, 0.5) is 5.69 Å². The highest BCUT2D eigenvalue weighted by atomic mass is 35.5. The highest BCUT2D eigenvalue weighted by Gasteiger charge is 2.64. The summed E-state index contributed by atoms with van der Waals surface area (Å²) < 4.78 is 5.43. The molecule has 31 heavy (non-hydrogen) atoms. The van der Waals surface area contributed by atoms with Crippen molar-refractivity contribution in [3.05, 3.63) is 64.3 Å². The number of hydrogen-bond donors (Lipinski definition) is 0. The van der Waals surface area contributed by atoms with Crippen LogP contribution >= 0.6 is 11.6 Å². The van der Waals surface area contributed by atoms with Crippen molar-refractivity contribution in [2.75, 3.05) is 12.0 Å². The summed E-state index contributed by atoms with van der Waals surface area (Å²) in [5, 5.41) is 0.485. The van der Waals surface area contributed by atoms with Gasteiger partial charge in [-0.25, -0.2) is 4.90 Å². The van der Waals surface area contributed by atoms with Gasteiger partial charge in [0.1, 0.15) is 5.75 Å². The third kappa shape index (κ3) is 2.67. The van der Waals surface area contributed by atoms with E-state index in [2.05, 4.69) is 0 Å². The Bertz CT molecular complexity index is 1170. The number of carbonyl (C=O) groups excluding carboxylic acids is 3. The molecule has 0 bridgehead atoms. The van der Waals surface area contributed by atoms with Crippen molar-refractivity contribution < 1.29 is 19.1 Å². The summed E-state index contributed by atoms with van der Waals surface area (Å²) in [7, 11) is 1.47. The molecule has 2 amide bonds. The molecule has 2 aromatic carbocycles. The summed E-state index contributed by atoms with van der Waals surface area (Å²) in [6, 6.07) is 10.0. The van der Waals surface area contributed by atoms with E-state index in [0.717, 1.165) is 16.7 Å². The monoisotopic (exact) mass is 436 g/mol. The maximum Gasteiger partial charge on any atom is 0.240 e. The van der Waals surface area contributed by atoms with Crippen molar-refractivity contribution in [1.29, 1.82) is 0 Å². The van der Waals surface area contributed by atoms with Crippen LogP contribution in [-0.4, -0.2) is 35.6 Å². The van der Waals surface area contributed by atoms with Crippen LogP contribution in [-0.2, 0) is 14.4 Å². The zero-order chi connectivity index (χ0) is 22.0. The van der Waals surface area contributed by atoms with Gasteiger partial charge in [0.2, 0.25) is 11.8 Å². The molecule has 158 valence electrons. The van der Waals surface area contributed by atoms with Gasteiger partial charge in [-0.3, -0.25) is 14.4 Å². The Hall–Kier alpha value is -3.12. The summed E-state index contributed by atoms with van der Waals surface area (Å²) in [5.74, 6) is -1.91. The van der Waals surface area contributed by atoms with E-state index in [9.17, 15) is 14.4 Å². The zero-order valence-electron chi connectivity index (χ0n) is 17.3. The smallest absolute Gasteiger partial charge is 0.240 e. The molecule has 3 aliphatic heterocycles. The summed E-state index contributed by atoms with van der Waals surface area (Å²) in [6.45, 7) is 3.28. The number of rotatable bonds is 3. The third-order valence-corrected chi connectivity index (χ3v) is 6.99. The number of fused-ring (bicyclic) bond motifs is 5. The first-order chi connectivity index (χ1) is 14.8. The maximum atomic E-state index is 13.7. The van der Waals surface area contributed by atoms with Crippen molar-refractivity contribution in [2.45, 2.75) is 25.9 Å². The SMILES string of the molecule is COc1cc(Cl)c(C)cc1N1C(=O)[C@@H]2[C@H](C1=O)[C@@H]1c3ccccc3C=CN1[C@H]2C(C)=O. The Morgan fingerprint density at radius 2 is 1.81 bits per heavy atom. The van der Waals surface area contributed by atoms with Crippen molar-refractivity contribution in [1.82, 2.24) is 4.90 Å². The number of carbonyl (C=O) groups is 3. The van der Waals surface area contributed by atoms with Crippen molar-refractivity contribution >= 4 is 41.0 Å². The molecule has 0 unspecified atom stereocenters. The standard InChI is InChI=1S/C24H21ClN2O4/c1-12-10-17(18(31-3)11-16(12)25)27-23(29)19-20(24(27)30)22-15-7-5-4-6-14(15)8-9-26(22)21(19)13(2)28/h4-11,19-22H,1-3H3/t19-,20+,21+,22+/m1/s1. The molecule has 0 saturated carbocycles. The van der Waals surface area contributed by atoms with Crippen LogP contribution in [0.2, 0.25) is 5.02 Å². The van der Waals surface area contributed by atoms with Gasteiger partial charge in [-0.05, 0) is 42.7 Å². The van der Waals surface area contributed by atoms with Gasteiger partial charge in [0, 0.05) is 17.3 Å². The molecule has 0 aromatic heterocycles. The summed E-state index contributed by atoms with van der Waals surface area (Å²) in [5.41, 5.74) is 3.03. The van der Waals surface area contributed by atoms with Crippen LogP contribution in [0.3, 0.4) is 0 Å². The van der Waals surface area contributed by atoms with Gasteiger partial charge in [0.25, 0.3) is 0 Å². The van der Waals surface area contributed by atoms with E-state index in [1.807, 2.05) is 41.4 Å². The number of Topliss-reactive ketones (excluding diaryl/α,β-unsaturated/α-hetero) is 1. The normalized spacial score (nSPS) is 26.1. The van der Waals surface area contributed by atoms with Crippen LogP contribution in [0.25, 0.3) is 6.08 Å². The Kier molecular flexibility index (Phi) is 4.45. The van der Waals surface area contributed by atoms with E-state index in [4.69, 9.17) is 16.3 Å². The molecule has 6 nitrogen and oxygen atoms in total. The predicted octanol–water partition coefficient (Wildman–Crippen LogP) is 3.76. The Labute approximate surface area is 185 Å². The Morgan fingerprint density at radius 1 is 1.10 bits per heavy atom. The molecule has 0 radical (unpaired) electrons. The average Bonchev–Trinajstić information content (AvgIpc) is 3.23. The fourth-order valence-corrected chi connectivity index (χ4v) is 5.40.